The van der Waals surface area contributed by atoms with E-state index in [1.807, 2.05) is 38.1 Å². The molecule has 0 radical (unpaired) electrons. The van der Waals surface area contributed by atoms with Gasteiger partial charge in [0.25, 0.3) is 5.91 Å². The zero-order valence-electron chi connectivity index (χ0n) is 14.2. The van der Waals surface area contributed by atoms with Crippen LogP contribution in [0.4, 0.5) is 5.69 Å². The second-order valence-corrected chi connectivity index (χ2v) is 5.92. The summed E-state index contributed by atoms with van der Waals surface area (Å²) in [7, 11) is 0. The van der Waals surface area contributed by atoms with Crippen LogP contribution in [0.25, 0.3) is 10.9 Å². The highest BCUT2D eigenvalue weighted by Gasteiger charge is 2.12. The Hall–Kier alpha value is -3.15. The van der Waals surface area contributed by atoms with Crippen LogP contribution in [0.3, 0.4) is 0 Å². The van der Waals surface area contributed by atoms with Gasteiger partial charge in [0.2, 0.25) is 0 Å². The molecular weight excluding hydrogens is 316 g/mol. The first-order valence-electron chi connectivity index (χ1n) is 8.04. The van der Waals surface area contributed by atoms with Gasteiger partial charge in [-0.15, -0.1) is 0 Å². The van der Waals surface area contributed by atoms with Gasteiger partial charge in [0.05, 0.1) is 16.9 Å². The van der Waals surface area contributed by atoms with Gasteiger partial charge in [-0.05, 0) is 44.2 Å². The van der Waals surface area contributed by atoms with E-state index in [4.69, 9.17) is 10.5 Å². The summed E-state index contributed by atoms with van der Waals surface area (Å²) in [5.74, 6) is 0.501. The van der Waals surface area contributed by atoms with Crippen molar-refractivity contribution in [3.8, 4) is 5.75 Å². The lowest BCUT2D eigenvalue weighted by Crippen LogP contribution is -2.36. The molecule has 0 aliphatic carbocycles. The minimum absolute atomic E-state index is 0.159. The fraction of sp³-hybridized carbons (Fsp3) is 0.211. The van der Waals surface area contributed by atoms with Crippen molar-refractivity contribution in [2.24, 2.45) is 0 Å². The number of aryl methyl sites for hydroxylation is 1. The Bertz CT molecular complexity index is 897. The number of rotatable bonds is 5. The Morgan fingerprint density at radius 3 is 2.80 bits per heavy atom. The predicted molar refractivity (Wildman–Crippen MR) is 97.6 cm³/mol. The van der Waals surface area contributed by atoms with E-state index in [1.54, 1.807) is 24.5 Å². The maximum Gasteiger partial charge on any atom is 0.251 e. The Balaban J connectivity index is 1.69. The number of amides is 1. The fourth-order valence-electron chi connectivity index (χ4n) is 2.61. The van der Waals surface area contributed by atoms with Crippen molar-refractivity contribution in [1.82, 2.24) is 15.3 Å². The topological polar surface area (TPSA) is 90.1 Å². The molecule has 0 fully saturated rings. The second kappa shape index (κ2) is 7.17. The van der Waals surface area contributed by atoms with Gasteiger partial charge in [0.1, 0.15) is 12.4 Å². The van der Waals surface area contributed by atoms with Gasteiger partial charge in [-0.2, -0.15) is 0 Å². The Morgan fingerprint density at radius 1 is 1.28 bits per heavy atom. The molecule has 3 rings (SSSR count). The third-order valence-electron chi connectivity index (χ3n) is 3.76. The number of fused-ring (bicyclic) bond motifs is 1. The first kappa shape index (κ1) is 16.7. The van der Waals surface area contributed by atoms with Crippen LogP contribution in [0, 0.1) is 6.92 Å². The molecule has 128 valence electrons. The summed E-state index contributed by atoms with van der Waals surface area (Å²) in [6, 6.07) is 10.6. The molecule has 0 saturated carbocycles. The Kier molecular flexibility index (Phi) is 4.79. The molecule has 0 bridgehead atoms. The van der Waals surface area contributed by atoms with E-state index in [1.165, 1.54) is 0 Å². The van der Waals surface area contributed by atoms with E-state index in [9.17, 15) is 4.79 Å². The zero-order chi connectivity index (χ0) is 17.8. The first-order chi connectivity index (χ1) is 12.0. The second-order valence-electron chi connectivity index (χ2n) is 5.92. The van der Waals surface area contributed by atoms with Gasteiger partial charge in [-0.3, -0.25) is 14.8 Å². The van der Waals surface area contributed by atoms with Crippen LogP contribution in [0.1, 0.15) is 23.0 Å². The number of hydrogen-bond acceptors (Lipinski definition) is 5. The van der Waals surface area contributed by atoms with Crippen molar-refractivity contribution < 1.29 is 9.53 Å². The lowest BCUT2D eigenvalue weighted by molar-refractivity contribution is 0.0927. The van der Waals surface area contributed by atoms with E-state index in [-0.39, 0.29) is 11.9 Å². The predicted octanol–water partition coefficient (Wildman–Crippen LogP) is 2.72. The van der Waals surface area contributed by atoms with Crippen LogP contribution in [-0.4, -0.2) is 28.5 Å². The Labute approximate surface area is 146 Å². The molecule has 6 heteroatoms. The molecule has 1 aromatic carbocycles. The van der Waals surface area contributed by atoms with Crippen LogP contribution in [-0.2, 0) is 0 Å². The van der Waals surface area contributed by atoms with Crippen LogP contribution < -0.4 is 15.8 Å². The van der Waals surface area contributed by atoms with Crippen molar-refractivity contribution >= 4 is 22.5 Å². The highest BCUT2D eigenvalue weighted by atomic mass is 16.5. The SMILES string of the molecule is Cc1cc(N)c2c(OC[C@@H](C)NC(=O)c3ccncc3)cccc2n1. The van der Waals surface area contributed by atoms with Gasteiger partial charge in [-0.1, -0.05) is 6.07 Å². The summed E-state index contributed by atoms with van der Waals surface area (Å²) in [6.07, 6.45) is 3.17. The summed E-state index contributed by atoms with van der Waals surface area (Å²) < 4.78 is 5.89. The van der Waals surface area contributed by atoms with Gasteiger partial charge in [0.15, 0.2) is 0 Å². The van der Waals surface area contributed by atoms with Crippen molar-refractivity contribution in [1.29, 1.82) is 0 Å². The minimum atomic E-state index is -0.171. The normalized spacial score (nSPS) is 11.9. The number of nitrogens with one attached hydrogen (secondary N) is 1. The summed E-state index contributed by atoms with van der Waals surface area (Å²) >= 11 is 0. The molecule has 3 aromatic rings. The van der Waals surface area contributed by atoms with Crippen molar-refractivity contribution in [3.05, 3.63) is 60.0 Å². The lowest BCUT2D eigenvalue weighted by atomic mass is 10.1. The monoisotopic (exact) mass is 336 g/mol. The first-order valence-corrected chi connectivity index (χ1v) is 8.04. The smallest absolute Gasteiger partial charge is 0.251 e. The third-order valence-corrected chi connectivity index (χ3v) is 3.76. The van der Waals surface area contributed by atoms with E-state index in [0.717, 1.165) is 16.6 Å². The summed E-state index contributed by atoms with van der Waals surface area (Å²) in [4.78, 5) is 20.5. The lowest BCUT2D eigenvalue weighted by Gasteiger charge is -2.16. The maximum absolute atomic E-state index is 12.1. The molecule has 2 aromatic heterocycles. The van der Waals surface area contributed by atoms with Crippen LogP contribution in [0.2, 0.25) is 0 Å². The number of nitrogen functional groups attached to an aromatic ring is 1. The quantitative estimate of drug-likeness (QED) is 0.747. The summed E-state index contributed by atoms with van der Waals surface area (Å²) in [5, 5.41) is 3.69. The highest BCUT2D eigenvalue weighted by Crippen LogP contribution is 2.30. The van der Waals surface area contributed by atoms with Gasteiger partial charge < -0.3 is 15.8 Å². The number of pyridine rings is 2. The largest absolute Gasteiger partial charge is 0.491 e. The molecule has 6 nitrogen and oxygen atoms in total. The third kappa shape index (κ3) is 3.85. The summed E-state index contributed by atoms with van der Waals surface area (Å²) in [5.41, 5.74) is 8.98. The van der Waals surface area contributed by atoms with E-state index >= 15 is 0 Å². The average Bonchev–Trinajstić information content (AvgIpc) is 2.60. The van der Waals surface area contributed by atoms with Crippen molar-refractivity contribution in [2.75, 3.05) is 12.3 Å². The average molecular weight is 336 g/mol. The van der Waals surface area contributed by atoms with Crippen molar-refractivity contribution in [2.45, 2.75) is 19.9 Å². The molecule has 0 unspecified atom stereocenters. The van der Waals surface area contributed by atoms with Crippen molar-refractivity contribution in [3.63, 3.8) is 0 Å². The molecule has 0 aliphatic heterocycles. The maximum atomic E-state index is 12.1. The number of nitrogens with two attached hydrogens (primary N) is 1. The molecule has 2 heterocycles. The summed E-state index contributed by atoms with van der Waals surface area (Å²) in [6.45, 7) is 4.11. The van der Waals surface area contributed by atoms with Crippen LogP contribution in [0.5, 0.6) is 5.75 Å². The molecular formula is C19H20N4O2. The van der Waals surface area contributed by atoms with Gasteiger partial charge in [-0.25, -0.2) is 0 Å². The Morgan fingerprint density at radius 2 is 2.04 bits per heavy atom. The molecule has 25 heavy (non-hydrogen) atoms. The van der Waals surface area contributed by atoms with E-state index in [2.05, 4.69) is 15.3 Å². The molecule has 0 spiro atoms. The number of ether oxygens (including phenoxy) is 1. The number of aromatic nitrogens is 2. The highest BCUT2D eigenvalue weighted by molar-refractivity contribution is 5.95. The standard InChI is InChI=1S/C19H20N4O2/c1-12-10-15(20)18-16(22-12)4-3-5-17(18)25-11-13(2)23-19(24)14-6-8-21-9-7-14/h3-10,13H,11H2,1-2H3,(H2,20,22)(H,23,24)/t13-/m1/s1. The van der Waals surface area contributed by atoms with Crippen LogP contribution >= 0.6 is 0 Å². The number of hydrogen-bond donors (Lipinski definition) is 2. The van der Waals surface area contributed by atoms with E-state index < -0.39 is 0 Å². The molecule has 1 amide bonds. The van der Waals surface area contributed by atoms with Gasteiger partial charge in [0, 0.05) is 29.3 Å². The fourth-order valence-corrected chi connectivity index (χ4v) is 2.61. The molecule has 3 N–H and O–H groups in total. The van der Waals surface area contributed by atoms with Crippen LogP contribution in [0.15, 0.2) is 48.8 Å². The van der Waals surface area contributed by atoms with Gasteiger partial charge >= 0.3 is 0 Å². The van der Waals surface area contributed by atoms with E-state index in [0.29, 0.717) is 23.6 Å². The zero-order valence-corrected chi connectivity index (χ0v) is 14.2. The molecule has 1 atom stereocenters. The molecule has 0 aliphatic rings. The minimum Gasteiger partial charge on any atom is -0.491 e. The number of carbonyl (C=O) groups is 1. The number of nitrogens with zero attached hydrogens (tertiary/aromatic N) is 2. The number of anilines is 1. The molecule has 0 saturated heterocycles. The number of carbonyl (C=O) groups excluding carboxylic acids is 1. The number of benzene rings is 1.